The Morgan fingerprint density at radius 3 is 2.52 bits per heavy atom. The lowest BCUT2D eigenvalue weighted by Gasteiger charge is -2.43. The van der Waals surface area contributed by atoms with E-state index in [1.54, 1.807) is 4.90 Å². The zero-order valence-corrected chi connectivity index (χ0v) is 21.1. The van der Waals surface area contributed by atoms with Gasteiger partial charge in [0.1, 0.15) is 5.50 Å². The van der Waals surface area contributed by atoms with Crippen molar-refractivity contribution in [3.8, 4) is 0 Å². The zero-order chi connectivity index (χ0) is 24.1. The van der Waals surface area contributed by atoms with Crippen LogP contribution in [-0.4, -0.2) is 70.3 Å². The second-order valence-electron chi connectivity index (χ2n) is 11.1. The minimum atomic E-state index is -0.905. The van der Waals surface area contributed by atoms with Crippen LogP contribution in [0.5, 0.6) is 0 Å². The highest BCUT2D eigenvalue weighted by Gasteiger charge is 2.40. The van der Waals surface area contributed by atoms with Gasteiger partial charge in [-0.2, -0.15) is 0 Å². The summed E-state index contributed by atoms with van der Waals surface area (Å²) in [5.41, 5.74) is 3.07. The van der Waals surface area contributed by atoms with E-state index in [9.17, 15) is 14.7 Å². The highest BCUT2D eigenvalue weighted by molar-refractivity contribution is 6.21. The largest absolute Gasteiger partial charge is 0.465 e. The van der Waals surface area contributed by atoms with E-state index in [0.29, 0.717) is 39.2 Å². The van der Waals surface area contributed by atoms with Gasteiger partial charge >= 0.3 is 12.1 Å². The van der Waals surface area contributed by atoms with E-state index in [1.165, 1.54) is 10.5 Å². The van der Waals surface area contributed by atoms with Crippen molar-refractivity contribution in [2.24, 2.45) is 0 Å². The molecule has 2 fully saturated rings. The van der Waals surface area contributed by atoms with Gasteiger partial charge in [0.15, 0.2) is 0 Å². The summed E-state index contributed by atoms with van der Waals surface area (Å²) < 4.78 is 5.78. The molecule has 0 spiro atoms. The molecule has 3 heterocycles. The molecular weight excluding hydrogens is 442 g/mol. The molecule has 0 aliphatic carbocycles. The topological polar surface area (TPSA) is 73.3 Å². The Bertz CT molecular complexity index is 942. The summed E-state index contributed by atoms with van der Waals surface area (Å²) in [4.78, 5) is 30.6. The number of hydrogen-bond donors (Lipinski definition) is 1. The Morgan fingerprint density at radius 2 is 1.88 bits per heavy atom. The predicted molar refractivity (Wildman–Crippen MR) is 128 cm³/mol. The first-order valence-electron chi connectivity index (χ1n) is 11.9. The van der Waals surface area contributed by atoms with Crippen LogP contribution in [0.4, 0.5) is 9.59 Å². The Hall–Kier alpha value is -1.99. The van der Waals surface area contributed by atoms with Crippen molar-refractivity contribution in [3.63, 3.8) is 0 Å². The summed E-state index contributed by atoms with van der Waals surface area (Å²) in [6, 6.07) is 4.02. The number of likely N-dealkylation sites (tertiary alicyclic amines) is 1. The fourth-order valence-corrected chi connectivity index (χ4v) is 5.77. The molecule has 4 rings (SSSR count). The van der Waals surface area contributed by atoms with Crippen LogP contribution in [-0.2, 0) is 16.6 Å². The molecule has 8 heteroatoms. The summed E-state index contributed by atoms with van der Waals surface area (Å²) in [7, 11) is 0. The molecule has 1 aromatic rings. The van der Waals surface area contributed by atoms with Crippen molar-refractivity contribution in [2.75, 3.05) is 32.8 Å². The molecule has 3 amide bonds. The van der Waals surface area contributed by atoms with Crippen LogP contribution in [0.2, 0.25) is 0 Å². The van der Waals surface area contributed by atoms with E-state index in [0.717, 1.165) is 29.5 Å². The summed E-state index contributed by atoms with van der Waals surface area (Å²) in [5.74, 6) is 0. The molecule has 0 bridgehead atoms. The maximum Gasteiger partial charge on any atom is 0.407 e. The summed E-state index contributed by atoms with van der Waals surface area (Å²) >= 11 is 7.06. The third-order valence-electron chi connectivity index (χ3n) is 7.10. The minimum absolute atomic E-state index is 0.0788. The summed E-state index contributed by atoms with van der Waals surface area (Å²) in [6.07, 6.45) is 1.39. The number of alkyl halides is 1. The molecule has 1 aromatic carbocycles. The Balaban J connectivity index is 1.73. The molecule has 2 atom stereocenters. The third-order valence-corrected chi connectivity index (χ3v) is 7.55. The fraction of sp³-hybridized carbons (Fsp3) is 0.680. The lowest BCUT2D eigenvalue weighted by Crippen LogP contribution is -2.55. The minimum Gasteiger partial charge on any atom is -0.465 e. The van der Waals surface area contributed by atoms with Crippen molar-refractivity contribution in [3.05, 3.63) is 34.4 Å². The van der Waals surface area contributed by atoms with E-state index in [4.69, 9.17) is 16.3 Å². The molecule has 3 aliphatic rings. The number of nitrogens with zero attached hydrogens (tertiary/aromatic N) is 3. The van der Waals surface area contributed by atoms with E-state index < -0.39 is 11.6 Å². The Kier molecular flexibility index (Phi) is 6.33. The molecule has 1 unspecified atom stereocenters. The molecule has 182 valence electrons. The van der Waals surface area contributed by atoms with Gasteiger partial charge < -0.3 is 24.5 Å². The normalized spacial score (nSPS) is 25.2. The number of ether oxygens (including phenoxy) is 1. The first kappa shape index (κ1) is 24.1. The van der Waals surface area contributed by atoms with Gasteiger partial charge in [-0.05, 0) is 60.8 Å². The molecule has 0 aromatic heterocycles. The van der Waals surface area contributed by atoms with Crippen molar-refractivity contribution < 1.29 is 19.4 Å². The quantitative estimate of drug-likeness (QED) is 0.449. The first-order valence-corrected chi connectivity index (χ1v) is 12.3. The first-order chi connectivity index (χ1) is 15.4. The van der Waals surface area contributed by atoms with Crippen LogP contribution >= 0.6 is 11.6 Å². The smallest absolute Gasteiger partial charge is 0.407 e. The van der Waals surface area contributed by atoms with Gasteiger partial charge in [-0.1, -0.05) is 44.5 Å². The third kappa shape index (κ3) is 4.67. The molecule has 33 heavy (non-hydrogen) atoms. The predicted octanol–water partition coefficient (Wildman–Crippen LogP) is 5.13. The van der Waals surface area contributed by atoms with Crippen LogP contribution in [0.25, 0.3) is 0 Å². The molecular formula is C25H36ClN3O4. The average molecular weight is 478 g/mol. The van der Waals surface area contributed by atoms with E-state index in [2.05, 4.69) is 32.9 Å². The van der Waals surface area contributed by atoms with E-state index in [1.807, 2.05) is 18.7 Å². The fourth-order valence-electron chi connectivity index (χ4n) is 5.33. The number of fused-ring (bicyclic) bond motifs is 1. The Morgan fingerprint density at radius 1 is 1.15 bits per heavy atom. The second kappa shape index (κ2) is 8.66. The van der Waals surface area contributed by atoms with Gasteiger partial charge in [0, 0.05) is 19.6 Å². The number of urea groups is 1. The van der Waals surface area contributed by atoms with Crippen LogP contribution in [0.1, 0.15) is 81.3 Å². The highest BCUT2D eigenvalue weighted by Crippen LogP contribution is 2.44. The maximum atomic E-state index is 13.5. The van der Waals surface area contributed by atoms with E-state index in [-0.39, 0.29) is 23.1 Å². The maximum absolute atomic E-state index is 13.5. The number of carbonyl (C=O) groups is 2. The lowest BCUT2D eigenvalue weighted by atomic mass is 9.80. The monoisotopic (exact) mass is 477 g/mol. The summed E-state index contributed by atoms with van der Waals surface area (Å²) in [5, 5.41) is 9.81. The SMILES string of the molecule is CC1(C)CN(C(=O)N2CCc3cc(C(C)(C)C)cc([C@@H]4CCCN4C(=O)O)c3C2Cl)CCO1. The van der Waals surface area contributed by atoms with Gasteiger partial charge in [0.2, 0.25) is 0 Å². The number of morpholine rings is 1. The Labute approximate surface area is 201 Å². The number of rotatable bonds is 1. The molecule has 3 aliphatic heterocycles. The van der Waals surface area contributed by atoms with Crippen molar-refractivity contribution in [2.45, 2.75) is 76.4 Å². The van der Waals surface area contributed by atoms with Gasteiger partial charge in [-0.3, -0.25) is 0 Å². The molecule has 2 saturated heterocycles. The van der Waals surface area contributed by atoms with E-state index >= 15 is 0 Å². The van der Waals surface area contributed by atoms with Crippen LogP contribution in [0.15, 0.2) is 12.1 Å². The number of benzene rings is 1. The number of amides is 3. The van der Waals surface area contributed by atoms with Crippen LogP contribution < -0.4 is 0 Å². The standard InChI is InChI=1S/C25H36ClN3O4/c1-24(2,3)17-13-16-8-10-29(22(30)27-11-12-33-25(4,5)15-27)21(26)20(16)18(14-17)19-7-6-9-28(19)23(31)32/h13-14,19,21H,6-12,15H2,1-5H3,(H,31,32)/t19-,21?/m0/s1. The van der Waals surface area contributed by atoms with Crippen LogP contribution in [0.3, 0.4) is 0 Å². The van der Waals surface area contributed by atoms with Gasteiger partial charge in [0.25, 0.3) is 0 Å². The summed E-state index contributed by atoms with van der Waals surface area (Å²) in [6.45, 7) is 13.1. The zero-order valence-electron chi connectivity index (χ0n) is 20.4. The van der Waals surface area contributed by atoms with Crippen molar-refractivity contribution >= 4 is 23.7 Å². The molecule has 0 saturated carbocycles. The van der Waals surface area contributed by atoms with Gasteiger partial charge in [-0.25, -0.2) is 9.59 Å². The number of carboxylic acid groups (broad SMARTS) is 1. The number of carbonyl (C=O) groups excluding carboxylic acids is 1. The lowest BCUT2D eigenvalue weighted by molar-refractivity contribution is -0.0768. The van der Waals surface area contributed by atoms with Crippen LogP contribution in [0, 0.1) is 0 Å². The number of hydrogen-bond acceptors (Lipinski definition) is 3. The highest BCUT2D eigenvalue weighted by atomic mass is 35.5. The molecule has 7 nitrogen and oxygen atoms in total. The van der Waals surface area contributed by atoms with Crippen molar-refractivity contribution in [1.29, 1.82) is 0 Å². The van der Waals surface area contributed by atoms with Gasteiger partial charge in [0.05, 0.1) is 24.8 Å². The van der Waals surface area contributed by atoms with Gasteiger partial charge in [-0.15, -0.1) is 0 Å². The second-order valence-corrected chi connectivity index (χ2v) is 11.5. The number of halogens is 1. The molecule has 1 N–H and O–H groups in total. The molecule has 0 radical (unpaired) electrons. The van der Waals surface area contributed by atoms with Crippen molar-refractivity contribution in [1.82, 2.24) is 14.7 Å². The average Bonchev–Trinajstić information content (AvgIpc) is 3.21.